The lowest BCUT2D eigenvalue weighted by Gasteiger charge is -2.08. The highest BCUT2D eigenvalue weighted by Gasteiger charge is 2.03. The minimum absolute atomic E-state index is 0.0533. The third kappa shape index (κ3) is 4.22. The first-order chi connectivity index (χ1) is 12.2. The molecule has 0 atom stereocenters. The summed E-state index contributed by atoms with van der Waals surface area (Å²) in [6, 6.07) is 13.3. The Morgan fingerprint density at radius 1 is 1.24 bits per heavy atom. The number of carbonyl (C=O) groups is 1. The van der Waals surface area contributed by atoms with Gasteiger partial charge in [-0.1, -0.05) is 24.3 Å². The van der Waals surface area contributed by atoms with Gasteiger partial charge < -0.3 is 15.0 Å². The zero-order valence-electron chi connectivity index (χ0n) is 13.9. The second kappa shape index (κ2) is 7.59. The maximum absolute atomic E-state index is 12.1. The van der Waals surface area contributed by atoms with Gasteiger partial charge in [0, 0.05) is 29.8 Å². The number of aryl methyl sites for hydroxylation is 1. The van der Waals surface area contributed by atoms with Gasteiger partial charge >= 0.3 is 0 Å². The summed E-state index contributed by atoms with van der Waals surface area (Å²) in [5.41, 5.74) is 4.36. The molecular weight excluding hydrogens is 314 g/mol. The van der Waals surface area contributed by atoms with Gasteiger partial charge in [0.1, 0.15) is 0 Å². The smallest absolute Gasteiger partial charge is 0.248 e. The van der Waals surface area contributed by atoms with Crippen molar-refractivity contribution in [2.24, 2.45) is 0 Å². The maximum Gasteiger partial charge on any atom is 0.248 e. The number of aliphatic hydroxyl groups excluding tert-OH is 1. The lowest BCUT2D eigenvalue weighted by atomic mass is 10.1. The van der Waals surface area contributed by atoms with Crippen molar-refractivity contribution < 1.29 is 9.90 Å². The van der Waals surface area contributed by atoms with Crippen molar-refractivity contribution in [3.05, 3.63) is 84.0 Å². The number of rotatable bonds is 5. The molecule has 0 aliphatic rings. The molecule has 0 fully saturated rings. The molecule has 5 heteroatoms. The van der Waals surface area contributed by atoms with Crippen molar-refractivity contribution >= 4 is 17.7 Å². The number of amides is 1. The van der Waals surface area contributed by atoms with Crippen LogP contribution in [0.15, 0.2) is 67.3 Å². The molecule has 2 aromatic carbocycles. The fourth-order valence-electron chi connectivity index (χ4n) is 2.42. The number of anilines is 1. The van der Waals surface area contributed by atoms with E-state index >= 15 is 0 Å². The standard InChI is InChI=1S/C20H19N3O2/c1-15-2-3-17(13-24)12-19(15)22-20(25)9-6-16-4-7-18(8-5-16)23-11-10-21-14-23/h2-12,14,24H,13H2,1H3,(H,22,25)/b9-6+. The van der Waals surface area contributed by atoms with Crippen molar-refractivity contribution in [2.75, 3.05) is 5.32 Å². The van der Waals surface area contributed by atoms with Crippen LogP contribution in [0.2, 0.25) is 0 Å². The van der Waals surface area contributed by atoms with Crippen LogP contribution in [0, 0.1) is 6.92 Å². The molecular formula is C20H19N3O2. The normalized spacial score (nSPS) is 11.0. The average molecular weight is 333 g/mol. The molecule has 25 heavy (non-hydrogen) atoms. The van der Waals surface area contributed by atoms with E-state index in [2.05, 4.69) is 10.3 Å². The van der Waals surface area contributed by atoms with E-state index in [1.165, 1.54) is 6.08 Å². The van der Waals surface area contributed by atoms with E-state index in [0.29, 0.717) is 5.69 Å². The molecule has 3 rings (SSSR count). The molecule has 0 spiro atoms. The fourth-order valence-corrected chi connectivity index (χ4v) is 2.42. The number of aromatic nitrogens is 2. The second-order valence-corrected chi connectivity index (χ2v) is 5.69. The third-order valence-electron chi connectivity index (χ3n) is 3.87. The Morgan fingerprint density at radius 3 is 2.72 bits per heavy atom. The number of nitrogens with one attached hydrogen (secondary N) is 1. The Kier molecular flexibility index (Phi) is 5.06. The second-order valence-electron chi connectivity index (χ2n) is 5.69. The first-order valence-corrected chi connectivity index (χ1v) is 7.93. The minimum Gasteiger partial charge on any atom is -0.392 e. The molecule has 1 heterocycles. The summed E-state index contributed by atoms with van der Waals surface area (Å²) >= 11 is 0. The van der Waals surface area contributed by atoms with E-state index in [4.69, 9.17) is 0 Å². The van der Waals surface area contributed by atoms with Crippen LogP contribution in [0.4, 0.5) is 5.69 Å². The first-order valence-electron chi connectivity index (χ1n) is 7.93. The van der Waals surface area contributed by atoms with Crippen molar-refractivity contribution in [3.8, 4) is 5.69 Å². The SMILES string of the molecule is Cc1ccc(CO)cc1NC(=O)/C=C/c1ccc(-n2ccnc2)cc1. The minimum atomic E-state index is -0.211. The number of hydrogen-bond donors (Lipinski definition) is 2. The molecule has 1 aromatic heterocycles. The summed E-state index contributed by atoms with van der Waals surface area (Å²) in [6.45, 7) is 1.86. The van der Waals surface area contributed by atoms with Crippen LogP contribution >= 0.6 is 0 Å². The van der Waals surface area contributed by atoms with Crippen molar-refractivity contribution in [3.63, 3.8) is 0 Å². The highest BCUT2D eigenvalue weighted by Crippen LogP contribution is 2.17. The van der Waals surface area contributed by atoms with Gasteiger partial charge in [0.15, 0.2) is 0 Å². The first kappa shape index (κ1) is 16.7. The Balaban J connectivity index is 1.66. The van der Waals surface area contributed by atoms with E-state index < -0.39 is 0 Å². The molecule has 0 radical (unpaired) electrons. The highest BCUT2D eigenvalue weighted by molar-refractivity contribution is 6.02. The number of imidazole rings is 1. The molecule has 5 nitrogen and oxygen atoms in total. The number of benzene rings is 2. The Bertz CT molecular complexity index is 882. The Labute approximate surface area is 146 Å². The van der Waals surface area contributed by atoms with Gasteiger partial charge in [-0.3, -0.25) is 4.79 Å². The van der Waals surface area contributed by atoms with Crippen molar-refractivity contribution in [1.82, 2.24) is 9.55 Å². The Morgan fingerprint density at radius 2 is 2.04 bits per heavy atom. The molecule has 0 saturated heterocycles. The maximum atomic E-state index is 12.1. The molecule has 0 saturated carbocycles. The van der Waals surface area contributed by atoms with E-state index in [0.717, 1.165) is 22.4 Å². The number of nitrogens with zero attached hydrogens (tertiary/aromatic N) is 2. The lowest BCUT2D eigenvalue weighted by Crippen LogP contribution is -2.09. The third-order valence-corrected chi connectivity index (χ3v) is 3.87. The van der Waals surface area contributed by atoms with Crippen LogP contribution < -0.4 is 5.32 Å². The molecule has 3 aromatic rings. The zero-order valence-corrected chi connectivity index (χ0v) is 13.9. The molecule has 126 valence electrons. The van der Waals surface area contributed by atoms with E-state index in [1.54, 1.807) is 24.7 Å². The quantitative estimate of drug-likeness (QED) is 0.704. The van der Waals surface area contributed by atoms with Gasteiger partial charge in [0.2, 0.25) is 5.91 Å². The average Bonchev–Trinajstić information content (AvgIpc) is 3.17. The van der Waals surface area contributed by atoms with Gasteiger partial charge in [0.25, 0.3) is 0 Å². The van der Waals surface area contributed by atoms with Crippen LogP contribution in [0.5, 0.6) is 0 Å². The van der Waals surface area contributed by atoms with Crippen LogP contribution in [-0.4, -0.2) is 20.6 Å². The molecule has 1 amide bonds. The lowest BCUT2D eigenvalue weighted by molar-refractivity contribution is -0.111. The molecule has 2 N–H and O–H groups in total. The van der Waals surface area contributed by atoms with Crippen LogP contribution in [-0.2, 0) is 11.4 Å². The molecule has 0 bridgehead atoms. The van der Waals surface area contributed by atoms with Crippen molar-refractivity contribution in [1.29, 1.82) is 0 Å². The summed E-state index contributed by atoms with van der Waals surface area (Å²) in [5, 5.41) is 12.0. The van der Waals surface area contributed by atoms with Gasteiger partial charge in [-0.25, -0.2) is 4.98 Å². The largest absolute Gasteiger partial charge is 0.392 e. The topological polar surface area (TPSA) is 67.2 Å². The van der Waals surface area contributed by atoms with Gasteiger partial charge in [-0.15, -0.1) is 0 Å². The summed E-state index contributed by atoms with van der Waals surface area (Å²) < 4.78 is 1.91. The van der Waals surface area contributed by atoms with Gasteiger partial charge in [0.05, 0.1) is 12.9 Å². The molecule has 0 aliphatic carbocycles. The summed E-state index contributed by atoms with van der Waals surface area (Å²) in [6.07, 6.45) is 8.60. The number of aliphatic hydroxyl groups is 1. The molecule has 0 unspecified atom stereocenters. The summed E-state index contributed by atoms with van der Waals surface area (Å²) in [4.78, 5) is 16.1. The number of carbonyl (C=O) groups excluding carboxylic acids is 1. The van der Waals surface area contributed by atoms with Crippen LogP contribution in [0.1, 0.15) is 16.7 Å². The highest BCUT2D eigenvalue weighted by atomic mass is 16.3. The molecule has 0 aliphatic heterocycles. The van der Waals surface area contributed by atoms with Crippen LogP contribution in [0.3, 0.4) is 0 Å². The predicted octanol–water partition coefficient (Wildman–Crippen LogP) is 3.32. The van der Waals surface area contributed by atoms with Gasteiger partial charge in [-0.05, 0) is 47.9 Å². The van der Waals surface area contributed by atoms with Crippen LogP contribution in [0.25, 0.3) is 11.8 Å². The summed E-state index contributed by atoms with van der Waals surface area (Å²) in [7, 11) is 0. The van der Waals surface area contributed by atoms with Crippen molar-refractivity contribution in [2.45, 2.75) is 13.5 Å². The van der Waals surface area contributed by atoms with E-state index in [9.17, 15) is 9.90 Å². The fraction of sp³-hybridized carbons (Fsp3) is 0.100. The van der Waals surface area contributed by atoms with E-state index in [1.807, 2.05) is 54.1 Å². The zero-order chi connectivity index (χ0) is 17.6. The number of hydrogen-bond acceptors (Lipinski definition) is 3. The van der Waals surface area contributed by atoms with E-state index in [-0.39, 0.29) is 12.5 Å². The summed E-state index contributed by atoms with van der Waals surface area (Å²) in [5.74, 6) is -0.211. The monoisotopic (exact) mass is 333 g/mol. The predicted molar refractivity (Wildman–Crippen MR) is 98.3 cm³/mol. The van der Waals surface area contributed by atoms with Gasteiger partial charge in [-0.2, -0.15) is 0 Å². The Hall–Kier alpha value is -3.18.